The Morgan fingerprint density at radius 2 is 1.92 bits per heavy atom. The maximum Gasteiger partial charge on any atom is 0.0808 e. The Hall–Kier alpha value is -0.380. The molecule has 1 fully saturated rings. The third-order valence-electron chi connectivity index (χ3n) is 3.53. The lowest BCUT2D eigenvalue weighted by atomic mass is 9.80. The van der Waals surface area contributed by atoms with Crippen LogP contribution in [-0.4, -0.2) is 34.6 Å². The third kappa shape index (κ3) is 1.31. The van der Waals surface area contributed by atoms with Crippen LogP contribution in [0.3, 0.4) is 0 Å². The lowest BCUT2D eigenvalue weighted by Crippen LogP contribution is -2.35. The zero-order valence-corrected chi connectivity index (χ0v) is 7.50. The molecule has 3 nitrogen and oxygen atoms in total. The van der Waals surface area contributed by atoms with Crippen molar-refractivity contribution in [2.75, 3.05) is 13.2 Å². The summed E-state index contributed by atoms with van der Waals surface area (Å²) in [5.74, 6) is 0.993. The molecule has 2 rings (SSSR count). The van der Waals surface area contributed by atoms with Gasteiger partial charge in [0.25, 0.3) is 0 Å². The van der Waals surface area contributed by atoms with E-state index < -0.39 is 6.10 Å². The predicted molar refractivity (Wildman–Crippen MR) is 47.9 cm³/mol. The molecule has 0 aromatic heterocycles. The van der Waals surface area contributed by atoms with Crippen LogP contribution >= 0.6 is 0 Å². The molecule has 0 saturated heterocycles. The summed E-state index contributed by atoms with van der Waals surface area (Å²) in [6.07, 6.45) is 4.61. The third-order valence-corrected chi connectivity index (χ3v) is 3.53. The molecule has 0 radical (unpaired) electrons. The lowest BCUT2D eigenvalue weighted by Gasteiger charge is -2.29. The Balaban J connectivity index is 2.13. The van der Waals surface area contributed by atoms with E-state index in [1.54, 1.807) is 0 Å². The van der Waals surface area contributed by atoms with Crippen molar-refractivity contribution in [3.8, 4) is 0 Å². The summed E-state index contributed by atoms with van der Waals surface area (Å²) in [6.45, 7) is -0.0779. The zero-order valence-electron chi connectivity index (χ0n) is 7.50. The van der Waals surface area contributed by atoms with E-state index in [0.717, 1.165) is 6.42 Å². The highest BCUT2D eigenvalue weighted by Gasteiger charge is 2.46. The average Bonchev–Trinajstić information content (AvgIpc) is 2.74. The topological polar surface area (TPSA) is 60.7 Å². The molecular formula is C10H16O3. The van der Waals surface area contributed by atoms with Gasteiger partial charge in [-0.2, -0.15) is 0 Å². The van der Waals surface area contributed by atoms with Crippen LogP contribution in [0.2, 0.25) is 0 Å². The van der Waals surface area contributed by atoms with Crippen LogP contribution in [0.1, 0.15) is 6.42 Å². The normalized spacial score (nSPS) is 44.2. The maximum atomic E-state index is 9.59. The summed E-state index contributed by atoms with van der Waals surface area (Å²) >= 11 is 0. The first-order valence-electron chi connectivity index (χ1n) is 4.86. The van der Waals surface area contributed by atoms with E-state index in [1.807, 2.05) is 0 Å². The molecular weight excluding hydrogens is 168 g/mol. The Kier molecular flexibility index (Phi) is 2.41. The molecule has 0 amide bonds. The summed E-state index contributed by atoms with van der Waals surface area (Å²) in [5, 5.41) is 27.6. The van der Waals surface area contributed by atoms with Gasteiger partial charge in [0.1, 0.15) is 0 Å². The minimum atomic E-state index is -0.669. The second kappa shape index (κ2) is 3.40. The fourth-order valence-electron chi connectivity index (χ4n) is 2.91. The summed E-state index contributed by atoms with van der Waals surface area (Å²) in [4.78, 5) is 0. The first kappa shape index (κ1) is 9.19. The number of hydrogen-bond donors (Lipinski definition) is 3. The van der Waals surface area contributed by atoms with Crippen LogP contribution in [0.25, 0.3) is 0 Å². The monoisotopic (exact) mass is 184 g/mol. The van der Waals surface area contributed by atoms with Crippen molar-refractivity contribution in [1.82, 2.24) is 0 Å². The zero-order chi connectivity index (χ0) is 9.42. The highest BCUT2D eigenvalue weighted by molar-refractivity contribution is 5.14. The van der Waals surface area contributed by atoms with Crippen LogP contribution in [0.5, 0.6) is 0 Å². The average molecular weight is 184 g/mol. The van der Waals surface area contributed by atoms with Crippen LogP contribution in [0.15, 0.2) is 12.2 Å². The van der Waals surface area contributed by atoms with Crippen molar-refractivity contribution in [2.24, 2.45) is 23.7 Å². The number of rotatable bonds is 3. The number of aliphatic hydroxyl groups excluding tert-OH is 3. The summed E-state index contributed by atoms with van der Waals surface area (Å²) in [5.41, 5.74) is 0. The molecule has 5 atom stereocenters. The van der Waals surface area contributed by atoms with Crippen molar-refractivity contribution in [2.45, 2.75) is 12.5 Å². The van der Waals surface area contributed by atoms with Gasteiger partial charge in [-0.15, -0.1) is 0 Å². The van der Waals surface area contributed by atoms with Gasteiger partial charge in [-0.05, 0) is 30.1 Å². The minimum absolute atomic E-state index is 0.0602. The molecule has 1 saturated carbocycles. The van der Waals surface area contributed by atoms with Crippen LogP contribution < -0.4 is 0 Å². The van der Waals surface area contributed by atoms with E-state index >= 15 is 0 Å². The van der Waals surface area contributed by atoms with E-state index in [-0.39, 0.29) is 25.0 Å². The summed E-state index contributed by atoms with van der Waals surface area (Å²) in [7, 11) is 0. The highest BCUT2D eigenvalue weighted by atomic mass is 16.3. The molecule has 0 aliphatic heterocycles. The smallest absolute Gasteiger partial charge is 0.0808 e. The number of fused-ring (bicyclic) bond motifs is 2. The maximum absolute atomic E-state index is 9.59. The molecule has 3 heteroatoms. The van der Waals surface area contributed by atoms with Crippen molar-refractivity contribution < 1.29 is 15.3 Å². The molecule has 0 spiro atoms. The highest BCUT2D eigenvalue weighted by Crippen LogP contribution is 2.48. The fourth-order valence-corrected chi connectivity index (χ4v) is 2.91. The van der Waals surface area contributed by atoms with Gasteiger partial charge < -0.3 is 15.3 Å². The fraction of sp³-hybridized carbons (Fsp3) is 0.800. The molecule has 2 aliphatic rings. The Bertz CT molecular complexity index is 214. The van der Waals surface area contributed by atoms with E-state index in [4.69, 9.17) is 5.11 Å². The molecule has 0 heterocycles. The quantitative estimate of drug-likeness (QED) is 0.531. The molecule has 0 aromatic rings. The molecule has 2 bridgehead atoms. The molecule has 0 unspecified atom stereocenters. The van der Waals surface area contributed by atoms with E-state index in [2.05, 4.69) is 12.2 Å². The second-order valence-electron chi connectivity index (χ2n) is 4.12. The molecule has 0 aromatic carbocycles. The van der Waals surface area contributed by atoms with Gasteiger partial charge in [-0.25, -0.2) is 0 Å². The van der Waals surface area contributed by atoms with Crippen molar-refractivity contribution in [1.29, 1.82) is 0 Å². The standard InChI is InChI=1S/C10H16O3/c11-4-8-6-1-2-7(3-6)10(8)9(13)5-12/h1-2,6-13H,3-5H2/t6-,7+,8-,9-,10+/m0/s1. The predicted octanol–water partition coefficient (Wildman–Crippen LogP) is -0.230. The first-order chi connectivity index (χ1) is 6.27. The van der Waals surface area contributed by atoms with Crippen molar-refractivity contribution >= 4 is 0 Å². The van der Waals surface area contributed by atoms with E-state index in [0.29, 0.717) is 11.8 Å². The first-order valence-corrected chi connectivity index (χ1v) is 4.86. The molecule has 3 N–H and O–H groups in total. The van der Waals surface area contributed by atoms with Crippen LogP contribution in [0.4, 0.5) is 0 Å². The summed E-state index contributed by atoms with van der Waals surface area (Å²) < 4.78 is 0. The number of allylic oxidation sites excluding steroid dienone is 2. The van der Waals surface area contributed by atoms with Gasteiger partial charge in [-0.1, -0.05) is 12.2 Å². The summed E-state index contributed by atoms with van der Waals surface area (Å²) in [6, 6.07) is 0. The second-order valence-corrected chi connectivity index (χ2v) is 4.12. The Morgan fingerprint density at radius 1 is 1.23 bits per heavy atom. The van der Waals surface area contributed by atoms with Gasteiger partial charge in [-0.3, -0.25) is 0 Å². The Morgan fingerprint density at radius 3 is 2.54 bits per heavy atom. The van der Waals surface area contributed by atoms with Gasteiger partial charge in [0.05, 0.1) is 12.7 Å². The number of hydrogen-bond acceptors (Lipinski definition) is 3. The van der Waals surface area contributed by atoms with E-state index in [1.165, 1.54) is 0 Å². The molecule has 2 aliphatic carbocycles. The molecule has 13 heavy (non-hydrogen) atoms. The SMILES string of the molecule is OC[C@@H]1[C@H]([C@@H](O)CO)[C@@H]2C=C[C@H]1C2. The van der Waals surface area contributed by atoms with Crippen molar-refractivity contribution in [3.63, 3.8) is 0 Å². The van der Waals surface area contributed by atoms with Crippen LogP contribution in [-0.2, 0) is 0 Å². The van der Waals surface area contributed by atoms with E-state index in [9.17, 15) is 10.2 Å². The Labute approximate surface area is 77.7 Å². The van der Waals surface area contributed by atoms with Gasteiger partial charge in [0.15, 0.2) is 0 Å². The van der Waals surface area contributed by atoms with Crippen molar-refractivity contribution in [3.05, 3.63) is 12.2 Å². The largest absolute Gasteiger partial charge is 0.396 e. The molecule has 74 valence electrons. The minimum Gasteiger partial charge on any atom is -0.396 e. The lowest BCUT2D eigenvalue weighted by molar-refractivity contribution is 0.00403. The van der Waals surface area contributed by atoms with Gasteiger partial charge >= 0.3 is 0 Å². The van der Waals surface area contributed by atoms with Crippen LogP contribution in [0, 0.1) is 23.7 Å². The van der Waals surface area contributed by atoms with Gasteiger partial charge in [0, 0.05) is 6.61 Å². The number of aliphatic hydroxyl groups is 3. The van der Waals surface area contributed by atoms with Gasteiger partial charge in [0.2, 0.25) is 0 Å².